The van der Waals surface area contributed by atoms with E-state index < -0.39 is 0 Å². The van der Waals surface area contributed by atoms with Crippen molar-refractivity contribution < 1.29 is 135 Å². The van der Waals surface area contributed by atoms with Gasteiger partial charge in [-0.1, -0.05) is 228 Å². The second-order valence-corrected chi connectivity index (χ2v) is 31.3. The topological polar surface area (TPSA) is 254 Å². The molecule has 9 aromatic heterocycles. The van der Waals surface area contributed by atoms with Gasteiger partial charge in [-0.2, -0.15) is 11.6 Å². The summed E-state index contributed by atoms with van der Waals surface area (Å²) in [5.41, 5.74) is 20.3. The van der Waals surface area contributed by atoms with Crippen LogP contribution in [0.2, 0.25) is 0 Å². The number of pyridine rings is 7. The number of aromatic nitrogens is 10. The molecule has 0 aliphatic rings. The van der Waals surface area contributed by atoms with E-state index in [-0.39, 0.29) is 135 Å². The minimum absolute atomic E-state index is 0. The number of hydrogen-bond acceptors (Lipinski definition) is 17. The first-order valence-corrected chi connectivity index (χ1v) is 44.7. The molecule has 14 aromatic carbocycles. The number of para-hydroxylation sites is 7. The average Bonchev–Trinajstić information content (AvgIpc) is 0.973. The molecule has 0 amide bonds. The Morgan fingerprint density at radius 3 is 1.10 bits per heavy atom. The van der Waals surface area contributed by atoms with Crippen LogP contribution < -0.4 is 0 Å². The van der Waals surface area contributed by atoms with Crippen LogP contribution in [0, 0.1) is 42.5 Å². The Balaban J connectivity index is 0.000000182. The van der Waals surface area contributed by atoms with Crippen LogP contribution in [0.15, 0.2) is 459 Å². The Kier molecular flexibility index (Phi) is 46.0. The summed E-state index contributed by atoms with van der Waals surface area (Å²) >= 11 is 0. The molecule has 729 valence electrons. The van der Waals surface area contributed by atoms with Crippen LogP contribution in [-0.2, 0) is 115 Å². The van der Waals surface area contributed by atoms with Gasteiger partial charge >= 0.3 is 0 Å². The van der Waals surface area contributed by atoms with Crippen molar-refractivity contribution in [1.29, 1.82) is 0 Å². The van der Waals surface area contributed by atoms with Crippen molar-refractivity contribution in [2.24, 2.45) is 0 Å². The molecule has 0 unspecified atom stereocenters. The molecule has 0 fully saturated rings. The van der Waals surface area contributed by atoms with E-state index in [1.54, 1.807) is 37.2 Å². The minimum Gasteiger partial charge on any atom is -0.512 e. The molecule has 17 nitrogen and oxygen atoms in total. The largest absolute Gasteiger partial charge is 0.512 e. The summed E-state index contributed by atoms with van der Waals surface area (Å²) in [5, 5.41) is 36.8. The minimum atomic E-state index is -0.125. The number of oxazole rings is 1. The van der Waals surface area contributed by atoms with E-state index >= 15 is 0 Å². The van der Waals surface area contributed by atoms with Crippen LogP contribution in [0.3, 0.4) is 0 Å². The van der Waals surface area contributed by atoms with Gasteiger partial charge in [0, 0.05) is 155 Å². The van der Waals surface area contributed by atoms with E-state index in [9.17, 15) is 14.4 Å². The first-order valence-electron chi connectivity index (χ1n) is 44.7. The van der Waals surface area contributed by atoms with E-state index in [0.717, 1.165) is 139 Å². The molecule has 0 bridgehead atoms. The molecule has 0 atom stereocenters. The molecule has 0 aliphatic carbocycles. The van der Waals surface area contributed by atoms with Crippen LogP contribution >= 0.6 is 0 Å². The number of allylic oxidation sites excluding steroid dienone is 6. The van der Waals surface area contributed by atoms with Crippen molar-refractivity contribution in [2.75, 3.05) is 0 Å². The van der Waals surface area contributed by atoms with E-state index in [4.69, 9.17) is 34.7 Å². The Labute approximate surface area is 909 Å². The van der Waals surface area contributed by atoms with Crippen molar-refractivity contribution in [3.63, 3.8) is 0 Å². The average molecular weight is 2780 g/mol. The van der Waals surface area contributed by atoms with Gasteiger partial charge in [-0.25, -0.2) is 0 Å². The van der Waals surface area contributed by atoms with E-state index in [2.05, 4.69) is 217 Å². The Morgan fingerprint density at radius 2 is 0.648 bits per heavy atom. The molecule has 23 aromatic rings. The molecule has 23 rings (SSSR count). The van der Waals surface area contributed by atoms with Crippen LogP contribution in [0.4, 0.5) is 0 Å². The van der Waals surface area contributed by atoms with Gasteiger partial charge in [0.1, 0.15) is 11.5 Å². The number of nitrogens with zero attached hydrogens (tertiary/aromatic N) is 10. The zero-order chi connectivity index (χ0) is 97.6. The van der Waals surface area contributed by atoms with Crippen molar-refractivity contribution in [1.82, 2.24) is 49.8 Å². The smallest absolute Gasteiger partial charge is 0.155 e. The number of aliphatic hydroxyl groups excluding tert-OH is 3. The molecule has 0 saturated heterocycles. The molecule has 22 heteroatoms. The Hall–Kier alpha value is -15.4. The fraction of sp³-hybridized carbons (Fsp3) is 0.0488. The summed E-state index contributed by atoms with van der Waals surface area (Å²) < 4.78 is 5.61. The summed E-state index contributed by atoms with van der Waals surface area (Å²) in [6.07, 6.45) is 13.8. The predicted molar refractivity (Wildman–Crippen MR) is 564 cm³/mol. The van der Waals surface area contributed by atoms with Crippen molar-refractivity contribution in [3.8, 4) is 79.0 Å². The number of ketones is 3. The maximum absolute atomic E-state index is 10.0. The summed E-state index contributed by atoms with van der Waals surface area (Å²) in [6, 6.07) is 149. The van der Waals surface area contributed by atoms with Crippen molar-refractivity contribution >= 4 is 115 Å². The van der Waals surface area contributed by atoms with E-state index in [0.29, 0.717) is 5.89 Å². The summed E-state index contributed by atoms with van der Waals surface area (Å²) in [4.78, 5) is 74.5. The number of carbonyl (C=O) groups is 3. The van der Waals surface area contributed by atoms with Gasteiger partial charge in [0.05, 0.1) is 50.4 Å². The standard InChI is InChI=1S/2C19H12N.C18H11N2.C15H10N.C14H9N2.C13H8NO.C10H7N2.3C5H8O2.5Ir/c1-3-9-16-14(6-1)8-5-10-17(16)19-13-12-15-7-2-4-11-18(15)20-19;1-2-8-14(9-3-1)19-17-12-5-4-10-15(17)16-11-6-7-13-18(16)20-19;1-2-9-16-13(5-1)10-11-17(20-16)15-8-3-6-14-7-4-12-19-18(14)15;1-2-6-12(7-3-1)15-11-10-13-8-4-5-9-14(13)16-15;1-2-4-13-11(3-1)5-6-14(16-13)12-7-9-15-10-8-12;1-2-6-10(7-3-1)13-14-11-8-4-5-9-12(11)15-13;1-2-4-9(5-3-1)10-8-11-6-7-12-10;3*1-4(6)3-5(2)7;;;;;/h1-9,11-13H;1-8,10-13H;1-7,9-12H;1-6,8-11H;1-7,9-10H;1-6,8-9H;1-4,6-8H;3*3,6H,1-2H3;;;;;/q7*-1;;;;;;;;. The first-order chi connectivity index (χ1) is 68.4. The normalized spacial score (nSPS) is 10.4. The number of carbonyl (C=O) groups excluding carboxylic acids is 3. The number of rotatable bonds is 10. The van der Waals surface area contributed by atoms with Gasteiger partial charge in [-0.05, 0) is 169 Å². The summed E-state index contributed by atoms with van der Waals surface area (Å²) in [6.45, 7) is 8.54. The fourth-order valence-corrected chi connectivity index (χ4v) is 14.5. The van der Waals surface area contributed by atoms with Gasteiger partial charge in [-0.15, -0.1) is 191 Å². The monoisotopic (exact) mass is 2790 g/mol. The van der Waals surface area contributed by atoms with Crippen LogP contribution in [0.25, 0.3) is 177 Å². The van der Waals surface area contributed by atoms with Gasteiger partial charge < -0.3 is 34.7 Å². The number of aliphatic hydroxyl groups is 3. The molecule has 3 N–H and O–H groups in total. The molecule has 9 heterocycles. The zero-order valence-electron chi connectivity index (χ0n) is 79.2. The second kappa shape index (κ2) is 58.9. The van der Waals surface area contributed by atoms with Gasteiger partial charge in [-0.3, -0.25) is 49.3 Å². The third-order valence-corrected chi connectivity index (χ3v) is 20.7. The van der Waals surface area contributed by atoms with Crippen LogP contribution in [-0.4, -0.2) is 82.5 Å². The molecule has 0 saturated carbocycles. The Morgan fingerprint density at radius 1 is 0.262 bits per heavy atom. The summed E-state index contributed by atoms with van der Waals surface area (Å²) in [7, 11) is 0. The predicted octanol–water partition coefficient (Wildman–Crippen LogP) is 29.1. The van der Waals surface area contributed by atoms with Gasteiger partial charge in [0.25, 0.3) is 0 Å². The van der Waals surface area contributed by atoms with Gasteiger partial charge in [0.2, 0.25) is 0 Å². The zero-order valence-corrected chi connectivity index (χ0v) is 91.2. The van der Waals surface area contributed by atoms with E-state index in [1.807, 2.05) is 243 Å². The third kappa shape index (κ3) is 33.6. The summed E-state index contributed by atoms with van der Waals surface area (Å²) in [5.74, 6) is 0.435. The first kappa shape index (κ1) is 113. The fourth-order valence-electron chi connectivity index (χ4n) is 14.5. The number of hydrogen-bond donors (Lipinski definition) is 3. The number of benzene rings is 14. The molecular weight excluding hydrogens is 2690 g/mol. The molecule has 0 aliphatic heterocycles. The Bertz CT molecular complexity index is 7780. The maximum Gasteiger partial charge on any atom is 0.155 e. The number of fused-ring (bicyclic) bond motifs is 10. The third-order valence-electron chi connectivity index (χ3n) is 20.7. The van der Waals surface area contributed by atoms with Crippen LogP contribution in [0.1, 0.15) is 41.5 Å². The quantitative estimate of drug-likeness (QED) is 0.0498. The van der Waals surface area contributed by atoms with Gasteiger partial charge in [0.15, 0.2) is 17.3 Å². The van der Waals surface area contributed by atoms with Crippen LogP contribution in [0.5, 0.6) is 0 Å². The maximum atomic E-state index is 10.0. The van der Waals surface area contributed by atoms with Crippen molar-refractivity contribution in [3.05, 3.63) is 497 Å². The molecule has 0 spiro atoms. The second-order valence-electron chi connectivity index (χ2n) is 31.3. The SMILES string of the molecule is CC(=O)C=C(C)O.CC(=O)C=C(C)O.CC(=O)C=C(C)O.[Ir].[Ir].[Ir].[Ir].[Ir].[c-]1ccc2ccccc2c1-c1ccc2ccccc2n1.[c-]1ccc2cccnc2c1-c1ccc2ccccc2n1.[c-]1ccccc1-c1ccc2ccccc2n1.[c-]1ccccc1-c1cnccn1.[c-]1ccccc1-c1nc2ccccc2c2ccccc12.[c-]1ccccc1-c1nc2ccccc2o1.[c-]1cnccc1-c1ccc2ccccc2n1. The molecule has 145 heavy (non-hydrogen) atoms. The molecular formula is C123H93Ir5N10O7-7. The van der Waals surface area contributed by atoms with Crippen molar-refractivity contribution in [2.45, 2.75) is 41.5 Å². The van der Waals surface area contributed by atoms with E-state index in [1.165, 1.54) is 92.1 Å². The molecule has 5 radical (unpaired) electrons.